The molecule has 42 valence electrons. The molecule has 0 aromatic rings. The highest BCUT2D eigenvalue weighted by molar-refractivity contribution is 9.09. The summed E-state index contributed by atoms with van der Waals surface area (Å²) in [6.45, 7) is 1.76. The van der Waals surface area contributed by atoms with Crippen LogP contribution in [0.3, 0.4) is 0 Å². The number of carboxylic acid groups (broad SMARTS) is 1. The molecular weight excluding hydrogens is 160 g/mol. The fraction of sp³-hybridized carbons (Fsp3) is 0.750. The maximum Gasteiger partial charge on any atom is 0.0425 e. The molecule has 3 heteroatoms. The Hall–Kier alpha value is -0.0500. The molecule has 0 aliphatic carbocycles. The SMILES string of the molecule is CC(Br)CC(=O)[O-]. The molecule has 0 fully saturated rings. The van der Waals surface area contributed by atoms with Crippen LogP contribution in [0.15, 0.2) is 0 Å². The van der Waals surface area contributed by atoms with Crippen molar-refractivity contribution < 1.29 is 9.90 Å². The summed E-state index contributed by atoms with van der Waals surface area (Å²) in [7, 11) is 0. The Balaban J connectivity index is 3.13. The van der Waals surface area contributed by atoms with Gasteiger partial charge in [0.1, 0.15) is 0 Å². The van der Waals surface area contributed by atoms with Gasteiger partial charge >= 0.3 is 0 Å². The molecule has 0 rings (SSSR count). The topological polar surface area (TPSA) is 40.1 Å². The van der Waals surface area contributed by atoms with Crippen molar-refractivity contribution in [1.29, 1.82) is 0 Å². The van der Waals surface area contributed by atoms with Gasteiger partial charge in [0.25, 0.3) is 0 Å². The van der Waals surface area contributed by atoms with Crippen LogP contribution < -0.4 is 5.11 Å². The van der Waals surface area contributed by atoms with Crippen LogP contribution in [0.4, 0.5) is 0 Å². The third kappa shape index (κ3) is 5.95. The molecule has 0 saturated heterocycles. The monoisotopic (exact) mass is 165 g/mol. The number of hydrogen-bond acceptors (Lipinski definition) is 2. The maximum absolute atomic E-state index is 9.67. The summed E-state index contributed by atoms with van der Waals surface area (Å²) < 4.78 is 0. The summed E-state index contributed by atoms with van der Waals surface area (Å²) >= 11 is 3.05. The van der Waals surface area contributed by atoms with Crippen LogP contribution in [0, 0.1) is 0 Å². The Morgan fingerprint density at radius 3 is 2.43 bits per heavy atom. The first-order valence-corrected chi connectivity index (χ1v) is 2.88. The molecule has 2 nitrogen and oxygen atoms in total. The second-order valence-electron chi connectivity index (χ2n) is 1.36. The minimum Gasteiger partial charge on any atom is -0.550 e. The van der Waals surface area contributed by atoms with E-state index in [0.717, 1.165) is 0 Å². The molecule has 0 bridgehead atoms. The fourth-order valence-corrected chi connectivity index (χ4v) is 0.494. The molecule has 0 saturated carbocycles. The Morgan fingerprint density at radius 2 is 2.43 bits per heavy atom. The Bertz CT molecular complexity index is 70.1. The molecule has 0 radical (unpaired) electrons. The predicted molar refractivity (Wildman–Crippen MR) is 28.0 cm³/mol. The molecule has 0 aromatic heterocycles. The van der Waals surface area contributed by atoms with Crippen molar-refractivity contribution in [1.82, 2.24) is 0 Å². The summed E-state index contributed by atoms with van der Waals surface area (Å²) in [5.41, 5.74) is 0. The minimum atomic E-state index is -1.01. The Kier molecular flexibility index (Phi) is 3.00. The van der Waals surface area contributed by atoms with Gasteiger partial charge in [0, 0.05) is 10.8 Å². The largest absolute Gasteiger partial charge is 0.550 e. The van der Waals surface area contributed by atoms with Crippen LogP contribution in [0.5, 0.6) is 0 Å². The maximum atomic E-state index is 9.67. The van der Waals surface area contributed by atoms with E-state index in [4.69, 9.17) is 0 Å². The molecule has 0 N–H and O–H groups in total. The van der Waals surface area contributed by atoms with Crippen LogP contribution >= 0.6 is 15.9 Å². The van der Waals surface area contributed by atoms with Crippen molar-refractivity contribution in [2.45, 2.75) is 18.2 Å². The number of hydrogen-bond donors (Lipinski definition) is 0. The van der Waals surface area contributed by atoms with E-state index in [1.54, 1.807) is 6.92 Å². The number of carbonyl (C=O) groups is 1. The number of carboxylic acids is 1. The van der Waals surface area contributed by atoms with E-state index in [9.17, 15) is 9.90 Å². The van der Waals surface area contributed by atoms with Gasteiger partial charge in [-0.25, -0.2) is 0 Å². The van der Waals surface area contributed by atoms with E-state index >= 15 is 0 Å². The Morgan fingerprint density at radius 1 is 2.00 bits per heavy atom. The molecular formula is C4H6BrO2-. The van der Waals surface area contributed by atoms with Crippen LogP contribution in [0.25, 0.3) is 0 Å². The smallest absolute Gasteiger partial charge is 0.0425 e. The summed E-state index contributed by atoms with van der Waals surface area (Å²) in [6, 6.07) is 0. The van der Waals surface area contributed by atoms with Gasteiger partial charge in [-0.2, -0.15) is 0 Å². The van der Waals surface area contributed by atoms with Crippen molar-refractivity contribution in [3.63, 3.8) is 0 Å². The molecule has 0 amide bonds. The fourth-order valence-electron chi connectivity index (χ4n) is 0.230. The molecule has 0 heterocycles. The van der Waals surface area contributed by atoms with E-state index in [0.29, 0.717) is 0 Å². The number of rotatable bonds is 2. The van der Waals surface area contributed by atoms with Gasteiger partial charge in [0.2, 0.25) is 0 Å². The summed E-state index contributed by atoms with van der Waals surface area (Å²) in [6.07, 6.45) is 0.0833. The van der Waals surface area contributed by atoms with E-state index in [1.807, 2.05) is 0 Å². The second-order valence-corrected chi connectivity index (χ2v) is 2.92. The van der Waals surface area contributed by atoms with E-state index in [-0.39, 0.29) is 11.2 Å². The molecule has 0 aliphatic heterocycles. The lowest BCUT2D eigenvalue weighted by atomic mass is 10.3. The van der Waals surface area contributed by atoms with Crippen molar-refractivity contribution in [3.8, 4) is 0 Å². The van der Waals surface area contributed by atoms with Gasteiger partial charge in [-0.15, -0.1) is 0 Å². The molecule has 1 atom stereocenters. The van der Waals surface area contributed by atoms with Crippen molar-refractivity contribution >= 4 is 21.9 Å². The highest BCUT2D eigenvalue weighted by Gasteiger charge is 1.92. The molecule has 1 unspecified atom stereocenters. The van der Waals surface area contributed by atoms with Gasteiger partial charge in [-0.05, 0) is 6.42 Å². The molecule has 0 aromatic carbocycles. The van der Waals surface area contributed by atoms with E-state index in [2.05, 4.69) is 15.9 Å². The first kappa shape index (κ1) is 6.95. The van der Waals surface area contributed by atoms with Gasteiger partial charge in [0.05, 0.1) is 0 Å². The highest BCUT2D eigenvalue weighted by Crippen LogP contribution is 2.00. The van der Waals surface area contributed by atoms with Gasteiger partial charge < -0.3 is 9.90 Å². The van der Waals surface area contributed by atoms with E-state index < -0.39 is 5.97 Å². The number of aliphatic carboxylic acids is 1. The zero-order valence-corrected chi connectivity index (χ0v) is 5.56. The highest BCUT2D eigenvalue weighted by atomic mass is 79.9. The average molecular weight is 166 g/mol. The van der Waals surface area contributed by atoms with Crippen LogP contribution in [-0.4, -0.2) is 10.8 Å². The minimum absolute atomic E-state index is 0.0255. The summed E-state index contributed by atoms with van der Waals surface area (Å²) in [4.78, 5) is 9.69. The first-order chi connectivity index (χ1) is 3.13. The summed E-state index contributed by atoms with van der Waals surface area (Å²) in [5.74, 6) is -1.01. The van der Waals surface area contributed by atoms with Crippen molar-refractivity contribution in [3.05, 3.63) is 0 Å². The van der Waals surface area contributed by atoms with Crippen molar-refractivity contribution in [2.75, 3.05) is 0 Å². The number of carbonyl (C=O) groups excluding carboxylic acids is 1. The third-order valence-corrected chi connectivity index (χ3v) is 0.772. The van der Waals surface area contributed by atoms with Crippen molar-refractivity contribution in [2.24, 2.45) is 0 Å². The number of alkyl halides is 1. The zero-order chi connectivity index (χ0) is 5.86. The lowest BCUT2D eigenvalue weighted by Crippen LogP contribution is -2.24. The van der Waals surface area contributed by atoms with Gasteiger partial charge in [-0.1, -0.05) is 22.9 Å². The quantitative estimate of drug-likeness (QED) is 0.537. The lowest BCUT2D eigenvalue weighted by Gasteiger charge is -2.00. The van der Waals surface area contributed by atoms with E-state index in [1.165, 1.54) is 0 Å². The van der Waals surface area contributed by atoms with Crippen LogP contribution in [0.2, 0.25) is 0 Å². The van der Waals surface area contributed by atoms with Crippen LogP contribution in [0.1, 0.15) is 13.3 Å². The third-order valence-electron chi connectivity index (χ3n) is 0.448. The molecule has 7 heavy (non-hydrogen) atoms. The number of halogens is 1. The zero-order valence-electron chi connectivity index (χ0n) is 3.98. The average Bonchev–Trinajstić information content (AvgIpc) is 1.27. The van der Waals surface area contributed by atoms with Gasteiger partial charge in [0.15, 0.2) is 0 Å². The molecule has 0 aliphatic rings. The van der Waals surface area contributed by atoms with Crippen LogP contribution in [-0.2, 0) is 4.79 Å². The molecule has 0 spiro atoms. The summed E-state index contributed by atoms with van der Waals surface area (Å²) in [5, 5.41) is 9.67. The normalized spacial score (nSPS) is 13.4. The standard InChI is InChI=1S/C4H7BrO2/c1-3(5)2-4(6)7/h3H,2H2,1H3,(H,6,7)/p-1. The lowest BCUT2D eigenvalue weighted by molar-refractivity contribution is -0.305. The second kappa shape index (κ2) is 3.02. The first-order valence-electron chi connectivity index (χ1n) is 1.97. The predicted octanol–water partition coefficient (Wildman–Crippen LogP) is -0.0902. The Labute approximate surface area is 50.7 Å². The van der Waals surface area contributed by atoms with Gasteiger partial charge in [-0.3, -0.25) is 0 Å².